The smallest absolute Gasteiger partial charge is 0.253 e. The lowest BCUT2D eigenvalue weighted by molar-refractivity contribution is 0.0950. The van der Waals surface area contributed by atoms with Crippen LogP contribution >= 0.6 is 11.6 Å². The summed E-state index contributed by atoms with van der Waals surface area (Å²) in [6.07, 6.45) is 2.69. The Morgan fingerprint density at radius 3 is 2.47 bits per heavy atom. The molecule has 30 heavy (non-hydrogen) atoms. The average Bonchev–Trinajstić information content (AvgIpc) is 2.77. The van der Waals surface area contributed by atoms with Crippen LogP contribution in [0.5, 0.6) is 11.5 Å². The van der Waals surface area contributed by atoms with E-state index in [0.29, 0.717) is 24.6 Å². The Bertz CT molecular complexity index is 1020. The van der Waals surface area contributed by atoms with E-state index < -0.39 is 15.9 Å². The number of rotatable bonds is 7. The van der Waals surface area contributed by atoms with Crippen LogP contribution in [0, 0.1) is 0 Å². The molecule has 1 saturated heterocycles. The lowest BCUT2D eigenvalue weighted by atomic mass is 10.1. The monoisotopic (exact) mass is 452 g/mol. The lowest BCUT2D eigenvalue weighted by Crippen LogP contribution is -2.35. The Morgan fingerprint density at radius 1 is 1.07 bits per heavy atom. The highest BCUT2D eigenvalue weighted by molar-refractivity contribution is 7.89. The number of nitrogens with one attached hydrogen (secondary N) is 1. The Balaban J connectivity index is 1.80. The highest BCUT2D eigenvalue weighted by atomic mass is 35.5. The molecular formula is C21H25ClN2O5S. The van der Waals surface area contributed by atoms with Crippen molar-refractivity contribution in [2.75, 3.05) is 27.3 Å². The van der Waals surface area contributed by atoms with Crippen molar-refractivity contribution in [3.63, 3.8) is 0 Å². The molecule has 0 radical (unpaired) electrons. The third kappa shape index (κ3) is 4.88. The second-order valence-corrected chi connectivity index (χ2v) is 9.31. The van der Waals surface area contributed by atoms with Crippen LogP contribution in [0.4, 0.5) is 0 Å². The molecule has 0 spiro atoms. The number of halogens is 1. The second-order valence-electron chi connectivity index (χ2n) is 6.97. The molecule has 1 amide bonds. The van der Waals surface area contributed by atoms with Crippen molar-refractivity contribution in [1.82, 2.24) is 9.62 Å². The number of carbonyl (C=O) groups is 1. The highest BCUT2D eigenvalue weighted by Gasteiger charge is 2.27. The molecule has 0 atom stereocenters. The number of sulfonamides is 1. The van der Waals surface area contributed by atoms with Crippen LogP contribution in [-0.2, 0) is 16.6 Å². The highest BCUT2D eigenvalue weighted by Crippen LogP contribution is 2.26. The van der Waals surface area contributed by atoms with Gasteiger partial charge in [-0.25, -0.2) is 8.42 Å². The summed E-state index contributed by atoms with van der Waals surface area (Å²) in [4.78, 5) is 12.8. The molecule has 2 aromatic rings. The molecule has 0 aromatic heterocycles. The molecule has 0 unspecified atom stereocenters. The molecule has 1 N–H and O–H groups in total. The van der Waals surface area contributed by atoms with Gasteiger partial charge in [-0.05, 0) is 49.2 Å². The van der Waals surface area contributed by atoms with E-state index in [-0.39, 0.29) is 22.0 Å². The van der Waals surface area contributed by atoms with Gasteiger partial charge in [0.25, 0.3) is 5.91 Å². The van der Waals surface area contributed by atoms with Gasteiger partial charge < -0.3 is 14.8 Å². The largest absolute Gasteiger partial charge is 0.497 e. The summed E-state index contributed by atoms with van der Waals surface area (Å²) in [7, 11) is -0.569. The summed E-state index contributed by atoms with van der Waals surface area (Å²) >= 11 is 6.20. The first kappa shape index (κ1) is 22.4. The number of hydrogen-bond donors (Lipinski definition) is 1. The molecule has 2 aromatic carbocycles. The number of benzene rings is 2. The fraction of sp³-hybridized carbons (Fsp3) is 0.381. The molecule has 1 aliphatic heterocycles. The number of ether oxygens (including phenoxy) is 2. The fourth-order valence-corrected chi connectivity index (χ4v) is 5.13. The minimum Gasteiger partial charge on any atom is -0.497 e. The van der Waals surface area contributed by atoms with Crippen molar-refractivity contribution in [3.05, 3.63) is 52.5 Å². The van der Waals surface area contributed by atoms with Gasteiger partial charge in [0.15, 0.2) is 0 Å². The number of nitrogens with zero attached hydrogens (tertiary/aromatic N) is 1. The summed E-state index contributed by atoms with van der Waals surface area (Å²) in [6, 6.07) is 9.49. The van der Waals surface area contributed by atoms with Crippen LogP contribution in [0.3, 0.4) is 0 Å². The van der Waals surface area contributed by atoms with Gasteiger partial charge in [-0.3, -0.25) is 4.79 Å². The SMILES string of the molecule is COc1ccc(OC)c(CNC(=O)c2cc(S(=O)(=O)N3CCCCC3)ccc2Cl)c1. The maximum absolute atomic E-state index is 12.9. The molecule has 162 valence electrons. The zero-order valence-corrected chi connectivity index (χ0v) is 18.6. The summed E-state index contributed by atoms with van der Waals surface area (Å²) in [5, 5.41) is 2.96. The summed E-state index contributed by atoms with van der Waals surface area (Å²) < 4.78 is 37.9. The van der Waals surface area contributed by atoms with Crippen LogP contribution in [-0.4, -0.2) is 45.9 Å². The zero-order valence-electron chi connectivity index (χ0n) is 17.0. The van der Waals surface area contributed by atoms with E-state index in [9.17, 15) is 13.2 Å². The molecule has 7 nitrogen and oxygen atoms in total. The molecule has 0 bridgehead atoms. The van der Waals surface area contributed by atoms with E-state index >= 15 is 0 Å². The quantitative estimate of drug-likeness (QED) is 0.695. The Kier molecular flexibility index (Phi) is 7.23. The van der Waals surface area contributed by atoms with Crippen LogP contribution in [0.25, 0.3) is 0 Å². The molecule has 0 saturated carbocycles. The molecule has 0 aliphatic carbocycles. The van der Waals surface area contributed by atoms with E-state index in [0.717, 1.165) is 24.8 Å². The van der Waals surface area contributed by atoms with E-state index in [1.54, 1.807) is 32.4 Å². The molecular weight excluding hydrogens is 428 g/mol. The van der Waals surface area contributed by atoms with Crippen molar-refractivity contribution >= 4 is 27.5 Å². The zero-order chi connectivity index (χ0) is 21.7. The fourth-order valence-electron chi connectivity index (χ4n) is 3.38. The van der Waals surface area contributed by atoms with Crippen LogP contribution in [0.1, 0.15) is 35.2 Å². The van der Waals surface area contributed by atoms with Crippen molar-refractivity contribution in [2.45, 2.75) is 30.7 Å². The maximum atomic E-state index is 12.9. The number of piperidine rings is 1. The van der Waals surface area contributed by atoms with E-state index in [1.807, 2.05) is 0 Å². The normalized spacial score (nSPS) is 14.9. The summed E-state index contributed by atoms with van der Waals surface area (Å²) in [5.41, 5.74) is 0.829. The van der Waals surface area contributed by atoms with E-state index in [4.69, 9.17) is 21.1 Å². The van der Waals surface area contributed by atoms with Gasteiger partial charge >= 0.3 is 0 Å². The van der Waals surface area contributed by atoms with Gasteiger partial charge in [-0.1, -0.05) is 18.0 Å². The van der Waals surface area contributed by atoms with Gasteiger partial charge in [-0.2, -0.15) is 4.31 Å². The Morgan fingerprint density at radius 2 is 1.80 bits per heavy atom. The van der Waals surface area contributed by atoms with Gasteiger partial charge in [0, 0.05) is 25.2 Å². The topological polar surface area (TPSA) is 84.9 Å². The first-order chi connectivity index (χ1) is 14.4. The Labute approximate surface area is 182 Å². The minimum atomic E-state index is -3.66. The molecule has 1 heterocycles. The first-order valence-electron chi connectivity index (χ1n) is 9.65. The number of hydrogen-bond acceptors (Lipinski definition) is 5. The third-order valence-electron chi connectivity index (χ3n) is 5.06. The third-order valence-corrected chi connectivity index (χ3v) is 7.29. The standard InChI is InChI=1S/C21H25ClN2O5S/c1-28-16-6-9-20(29-2)15(12-16)14-23-21(25)18-13-17(7-8-19(18)22)30(26,27)24-10-4-3-5-11-24/h6-9,12-13H,3-5,10-11,14H2,1-2H3,(H,23,25). The van der Waals surface area contributed by atoms with Crippen molar-refractivity contribution < 1.29 is 22.7 Å². The molecule has 3 rings (SSSR count). The van der Waals surface area contributed by atoms with Crippen molar-refractivity contribution in [1.29, 1.82) is 0 Å². The van der Waals surface area contributed by atoms with E-state index in [1.165, 1.54) is 22.5 Å². The predicted octanol–water partition coefficient (Wildman–Crippen LogP) is 3.46. The van der Waals surface area contributed by atoms with Gasteiger partial charge in [0.1, 0.15) is 11.5 Å². The van der Waals surface area contributed by atoms with Gasteiger partial charge in [0.2, 0.25) is 10.0 Å². The first-order valence-corrected chi connectivity index (χ1v) is 11.5. The molecule has 9 heteroatoms. The summed E-state index contributed by atoms with van der Waals surface area (Å²) in [6.45, 7) is 1.14. The van der Waals surface area contributed by atoms with Crippen LogP contribution in [0.2, 0.25) is 5.02 Å². The van der Waals surface area contributed by atoms with Crippen molar-refractivity contribution in [2.24, 2.45) is 0 Å². The number of methoxy groups -OCH3 is 2. The molecule has 1 aliphatic rings. The lowest BCUT2D eigenvalue weighted by Gasteiger charge is -2.26. The Hall–Kier alpha value is -2.29. The maximum Gasteiger partial charge on any atom is 0.253 e. The van der Waals surface area contributed by atoms with Crippen molar-refractivity contribution in [3.8, 4) is 11.5 Å². The average molecular weight is 453 g/mol. The number of amides is 1. The van der Waals surface area contributed by atoms with E-state index in [2.05, 4.69) is 5.32 Å². The van der Waals surface area contributed by atoms with Gasteiger partial charge in [-0.15, -0.1) is 0 Å². The minimum absolute atomic E-state index is 0.0675. The molecule has 1 fully saturated rings. The van der Waals surface area contributed by atoms with Crippen LogP contribution < -0.4 is 14.8 Å². The van der Waals surface area contributed by atoms with Crippen LogP contribution in [0.15, 0.2) is 41.3 Å². The number of carbonyl (C=O) groups excluding carboxylic acids is 1. The van der Waals surface area contributed by atoms with Gasteiger partial charge in [0.05, 0.1) is 29.7 Å². The second kappa shape index (κ2) is 9.68. The summed E-state index contributed by atoms with van der Waals surface area (Å²) in [5.74, 6) is 0.761. The predicted molar refractivity (Wildman–Crippen MR) is 115 cm³/mol.